The van der Waals surface area contributed by atoms with Crippen LogP contribution in [0.4, 0.5) is 0 Å². The first-order chi connectivity index (χ1) is 7.36. The predicted octanol–water partition coefficient (Wildman–Crippen LogP) is 0.575. The van der Waals surface area contributed by atoms with Gasteiger partial charge in [0, 0.05) is 5.56 Å². The maximum Gasteiger partial charge on any atom is 1.00 e. The van der Waals surface area contributed by atoms with E-state index < -0.39 is 0 Å². The van der Waals surface area contributed by atoms with E-state index in [4.69, 9.17) is 4.74 Å². The average Bonchev–Trinajstić information content (AvgIpc) is 2.29. The number of hydrogen-bond donors (Lipinski definition) is 0. The molecular weight excluding hydrogens is 211 g/mol. The topological polar surface area (TPSA) is 26.3 Å². The Morgan fingerprint density at radius 1 is 1.31 bits per heavy atom. The van der Waals surface area contributed by atoms with E-state index in [1.54, 1.807) is 12.1 Å². The molecule has 0 atom stereocenters. The van der Waals surface area contributed by atoms with Gasteiger partial charge in [-0.1, -0.05) is 38.3 Å². The van der Waals surface area contributed by atoms with Crippen LogP contribution in [-0.2, 0) is 0 Å². The number of ether oxygens (including phenoxy) is 1. The molecule has 0 N–H and O–H groups in total. The van der Waals surface area contributed by atoms with Gasteiger partial charge >= 0.3 is 29.6 Å². The van der Waals surface area contributed by atoms with Crippen LogP contribution in [0.25, 0.3) is 0 Å². The van der Waals surface area contributed by atoms with E-state index in [1.807, 2.05) is 12.1 Å². The van der Waals surface area contributed by atoms with Crippen molar-refractivity contribution >= 4 is 6.29 Å². The second kappa shape index (κ2) is 9.88. The Morgan fingerprint density at radius 2 is 2.12 bits per heavy atom. The Labute approximate surface area is 121 Å². The van der Waals surface area contributed by atoms with Crippen LogP contribution < -0.4 is 34.3 Å². The summed E-state index contributed by atoms with van der Waals surface area (Å²) >= 11 is 0. The van der Waals surface area contributed by atoms with Crippen molar-refractivity contribution in [1.82, 2.24) is 0 Å². The molecule has 0 amide bonds. The van der Waals surface area contributed by atoms with Crippen LogP contribution in [0.5, 0.6) is 5.75 Å². The zero-order chi connectivity index (χ0) is 10.9. The van der Waals surface area contributed by atoms with Gasteiger partial charge in [-0.2, -0.15) is 0 Å². The van der Waals surface area contributed by atoms with E-state index in [-0.39, 0.29) is 31.0 Å². The van der Waals surface area contributed by atoms with Crippen molar-refractivity contribution in [2.75, 3.05) is 6.61 Å². The molecule has 0 aromatic heterocycles. The van der Waals surface area contributed by atoms with Crippen LogP contribution in [0.15, 0.2) is 24.3 Å². The molecular formula is C13H19NaO2. The van der Waals surface area contributed by atoms with E-state index in [0.29, 0.717) is 5.56 Å². The van der Waals surface area contributed by atoms with Gasteiger partial charge in [-0.05, 0) is 18.6 Å². The van der Waals surface area contributed by atoms with Gasteiger partial charge in [0.25, 0.3) is 0 Å². The van der Waals surface area contributed by atoms with Crippen LogP contribution in [0.2, 0.25) is 0 Å². The average molecular weight is 230 g/mol. The smallest absolute Gasteiger partial charge is 1.00 e. The monoisotopic (exact) mass is 230 g/mol. The number of carbonyl (C=O) groups excluding carboxylic acids is 1. The molecule has 2 nitrogen and oxygen atoms in total. The molecule has 1 rings (SSSR count). The third-order valence-electron chi connectivity index (χ3n) is 2.26. The van der Waals surface area contributed by atoms with Gasteiger partial charge in [-0.3, -0.25) is 4.79 Å². The summed E-state index contributed by atoms with van der Waals surface area (Å²) in [5.41, 5.74) is 0.668. The van der Waals surface area contributed by atoms with Crippen molar-refractivity contribution in [1.29, 1.82) is 0 Å². The molecule has 0 radical (unpaired) electrons. The first-order valence-electron chi connectivity index (χ1n) is 5.55. The summed E-state index contributed by atoms with van der Waals surface area (Å²) in [5, 5.41) is 0. The summed E-state index contributed by atoms with van der Waals surface area (Å²) in [7, 11) is 0. The second-order valence-electron chi connectivity index (χ2n) is 3.60. The molecule has 0 spiro atoms. The Morgan fingerprint density at radius 3 is 2.81 bits per heavy atom. The van der Waals surface area contributed by atoms with Gasteiger partial charge in [0.15, 0.2) is 0 Å². The summed E-state index contributed by atoms with van der Waals surface area (Å²) in [4.78, 5) is 10.5. The van der Waals surface area contributed by atoms with E-state index in [0.717, 1.165) is 25.1 Å². The third kappa shape index (κ3) is 6.31. The quantitative estimate of drug-likeness (QED) is 0.389. The minimum atomic E-state index is 0. The minimum Gasteiger partial charge on any atom is -1.00 e. The zero-order valence-electron chi connectivity index (χ0n) is 11.2. The fourth-order valence-electron chi connectivity index (χ4n) is 1.40. The van der Waals surface area contributed by atoms with Crippen molar-refractivity contribution < 1.29 is 40.5 Å². The van der Waals surface area contributed by atoms with Gasteiger partial charge in [-0.15, -0.1) is 0 Å². The van der Waals surface area contributed by atoms with Crippen LogP contribution >= 0.6 is 0 Å². The van der Waals surface area contributed by atoms with Crippen molar-refractivity contribution in [3.8, 4) is 5.75 Å². The van der Waals surface area contributed by atoms with Gasteiger partial charge in [-0.25, -0.2) is 0 Å². The van der Waals surface area contributed by atoms with E-state index in [9.17, 15) is 4.79 Å². The van der Waals surface area contributed by atoms with Crippen molar-refractivity contribution in [2.24, 2.45) is 0 Å². The summed E-state index contributed by atoms with van der Waals surface area (Å²) in [6.07, 6.45) is 5.63. The van der Waals surface area contributed by atoms with Crippen molar-refractivity contribution in [3.63, 3.8) is 0 Å². The maximum atomic E-state index is 10.5. The zero-order valence-corrected chi connectivity index (χ0v) is 12.2. The van der Waals surface area contributed by atoms with E-state index in [1.165, 1.54) is 19.3 Å². The predicted molar refractivity (Wildman–Crippen MR) is 62.6 cm³/mol. The Hall–Kier alpha value is -0.310. The number of hydrogen-bond acceptors (Lipinski definition) is 2. The molecule has 0 saturated heterocycles. The number of rotatable bonds is 7. The Balaban J connectivity index is 0. The number of unbranched alkanes of at least 4 members (excludes halogenated alkanes) is 3. The molecule has 0 aliphatic carbocycles. The summed E-state index contributed by atoms with van der Waals surface area (Å²) in [5.74, 6) is 0.788. The number of benzene rings is 1. The molecule has 1 aromatic carbocycles. The number of aldehydes is 1. The third-order valence-corrected chi connectivity index (χ3v) is 2.26. The molecule has 0 fully saturated rings. The van der Waals surface area contributed by atoms with E-state index >= 15 is 0 Å². The number of carbonyl (C=O) groups is 1. The summed E-state index contributed by atoms with van der Waals surface area (Å²) in [6.45, 7) is 2.93. The molecule has 0 aliphatic rings. The summed E-state index contributed by atoms with van der Waals surface area (Å²) in [6, 6.07) is 7.27. The standard InChI is InChI=1S/C13H18O2.Na.H/c1-2-3-4-5-9-15-13-8-6-7-12(10-13)11-14;;/h6-8,10-11H,2-5,9H2,1H3;;/q;+1;-1. The van der Waals surface area contributed by atoms with Crippen LogP contribution in [0.3, 0.4) is 0 Å². The molecule has 16 heavy (non-hydrogen) atoms. The first kappa shape index (κ1) is 15.7. The Kier molecular flexibility index (Phi) is 9.69. The molecule has 3 heteroatoms. The maximum absolute atomic E-state index is 10.5. The fourth-order valence-corrected chi connectivity index (χ4v) is 1.40. The van der Waals surface area contributed by atoms with Crippen LogP contribution in [0.1, 0.15) is 44.4 Å². The first-order valence-corrected chi connectivity index (χ1v) is 5.55. The van der Waals surface area contributed by atoms with Gasteiger partial charge < -0.3 is 6.16 Å². The van der Waals surface area contributed by atoms with Gasteiger partial charge in [0.1, 0.15) is 12.0 Å². The molecule has 1 aromatic rings. The Bertz CT molecular complexity index is 305. The van der Waals surface area contributed by atoms with Crippen molar-refractivity contribution in [2.45, 2.75) is 32.6 Å². The van der Waals surface area contributed by atoms with Crippen LogP contribution in [-0.4, -0.2) is 12.9 Å². The molecule has 0 bridgehead atoms. The van der Waals surface area contributed by atoms with Gasteiger partial charge in [0.2, 0.25) is 0 Å². The minimum absolute atomic E-state index is 0. The van der Waals surface area contributed by atoms with Crippen LogP contribution in [0, 0.1) is 0 Å². The van der Waals surface area contributed by atoms with Gasteiger partial charge in [0.05, 0.1) is 6.61 Å². The summed E-state index contributed by atoms with van der Waals surface area (Å²) < 4.78 is 5.54. The fraction of sp³-hybridized carbons (Fsp3) is 0.462. The molecule has 84 valence electrons. The van der Waals surface area contributed by atoms with Crippen molar-refractivity contribution in [3.05, 3.63) is 29.8 Å². The molecule has 0 unspecified atom stereocenters. The normalized spacial score (nSPS) is 9.31. The largest absolute Gasteiger partial charge is 1.00 e. The SMILES string of the molecule is CCCCCCOc1cccc(C=O)c1.[H-].[Na+]. The molecule has 0 saturated carbocycles. The van der Waals surface area contributed by atoms with E-state index in [2.05, 4.69) is 6.92 Å². The molecule has 0 aliphatic heterocycles. The second-order valence-corrected chi connectivity index (χ2v) is 3.60. The molecule has 0 heterocycles.